The van der Waals surface area contributed by atoms with Crippen LogP contribution in [0.25, 0.3) is 5.78 Å². The van der Waals surface area contributed by atoms with E-state index in [1.807, 2.05) is 32.0 Å². The number of benzene rings is 1. The fraction of sp³-hybridized carbons (Fsp3) is 0.263. The summed E-state index contributed by atoms with van der Waals surface area (Å²) in [7, 11) is 0. The van der Waals surface area contributed by atoms with Crippen molar-refractivity contribution >= 4 is 17.5 Å². The predicted octanol–water partition coefficient (Wildman–Crippen LogP) is 2.68. The molecule has 0 saturated heterocycles. The lowest BCUT2D eigenvalue weighted by Gasteiger charge is -2.04. The molecule has 1 aromatic carbocycles. The van der Waals surface area contributed by atoms with Gasteiger partial charge in [0.1, 0.15) is 6.33 Å². The molecular formula is C19H20N6OS. The van der Waals surface area contributed by atoms with E-state index in [0.717, 1.165) is 34.4 Å². The normalized spacial score (nSPS) is 11.3. The molecule has 0 amide bonds. The highest BCUT2D eigenvalue weighted by atomic mass is 32.2. The van der Waals surface area contributed by atoms with Crippen LogP contribution in [0, 0.1) is 13.8 Å². The molecule has 3 aromatic heterocycles. The first kappa shape index (κ1) is 17.5. The molecule has 0 radical (unpaired) electrons. The molecule has 0 saturated carbocycles. The van der Waals surface area contributed by atoms with E-state index in [1.165, 1.54) is 16.4 Å². The molecule has 0 atom stereocenters. The number of imidazole rings is 1. The fourth-order valence-corrected chi connectivity index (χ4v) is 3.93. The van der Waals surface area contributed by atoms with Gasteiger partial charge in [-0.25, -0.2) is 15.0 Å². The van der Waals surface area contributed by atoms with Gasteiger partial charge in [0, 0.05) is 23.4 Å². The van der Waals surface area contributed by atoms with Gasteiger partial charge in [0.2, 0.25) is 0 Å². The summed E-state index contributed by atoms with van der Waals surface area (Å²) in [5.41, 5.74) is 4.73. The number of aromatic amines is 2. The quantitative estimate of drug-likeness (QED) is 0.502. The molecule has 0 unspecified atom stereocenters. The number of thioether (sulfide) groups is 1. The Morgan fingerprint density at radius 1 is 1.15 bits per heavy atom. The molecule has 0 bridgehead atoms. The van der Waals surface area contributed by atoms with E-state index in [1.54, 1.807) is 11.8 Å². The second-order valence-corrected chi connectivity index (χ2v) is 7.46. The van der Waals surface area contributed by atoms with Gasteiger partial charge in [-0.1, -0.05) is 42.1 Å². The average Bonchev–Trinajstić information content (AvgIpc) is 3.26. The number of nitrogens with one attached hydrogen (secondary N) is 2. The number of hydrogen-bond acceptors (Lipinski definition) is 5. The van der Waals surface area contributed by atoms with Crippen LogP contribution >= 0.6 is 11.8 Å². The summed E-state index contributed by atoms with van der Waals surface area (Å²) in [5, 5.41) is 3.68. The summed E-state index contributed by atoms with van der Waals surface area (Å²) >= 11 is 1.62. The molecule has 138 valence electrons. The van der Waals surface area contributed by atoms with Gasteiger partial charge in [-0.15, -0.1) is 0 Å². The first-order valence-electron chi connectivity index (χ1n) is 8.75. The van der Waals surface area contributed by atoms with Crippen molar-refractivity contribution in [3.05, 3.63) is 75.2 Å². The minimum Gasteiger partial charge on any atom is -0.337 e. The minimum atomic E-state index is -0.0870. The zero-order chi connectivity index (χ0) is 18.8. The molecule has 27 heavy (non-hydrogen) atoms. The van der Waals surface area contributed by atoms with Gasteiger partial charge in [0.05, 0.1) is 11.4 Å². The summed E-state index contributed by atoms with van der Waals surface area (Å²) in [6.07, 6.45) is 2.91. The van der Waals surface area contributed by atoms with E-state index in [9.17, 15) is 4.79 Å². The Bertz CT molecular complexity index is 1130. The van der Waals surface area contributed by atoms with Crippen molar-refractivity contribution in [3.63, 3.8) is 0 Å². The van der Waals surface area contributed by atoms with Crippen LogP contribution in [0.15, 0.2) is 46.6 Å². The van der Waals surface area contributed by atoms with Crippen LogP contribution in [0.4, 0.5) is 0 Å². The Balaban J connectivity index is 1.44. The van der Waals surface area contributed by atoms with Crippen LogP contribution in [-0.2, 0) is 12.8 Å². The molecule has 0 aliphatic heterocycles. The number of aromatic nitrogens is 6. The van der Waals surface area contributed by atoms with Crippen LogP contribution in [0.3, 0.4) is 0 Å². The van der Waals surface area contributed by atoms with Crippen LogP contribution in [0.1, 0.15) is 28.2 Å². The minimum absolute atomic E-state index is 0.0870. The van der Waals surface area contributed by atoms with Gasteiger partial charge in [0.25, 0.3) is 11.3 Å². The molecule has 8 heteroatoms. The first-order chi connectivity index (χ1) is 13.1. The lowest BCUT2D eigenvalue weighted by molar-refractivity contribution is 0.853. The van der Waals surface area contributed by atoms with Crippen LogP contribution in [-0.4, -0.2) is 35.3 Å². The van der Waals surface area contributed by atoms with E-state index >= 15 is 0 Å². The number of fused-ring (bicyclic) bond motifs is 1. The second kappa shape index (κ2) is 7.40. The molecule has 4 aromatic rings. The molecule has 0 spiro atoms. The van der Waals surface area contributed by atoms with Crippen molar-refractivity contribution in [1.29, 1.82) is 0 Å². The van der Waals surface area contributed by atoms with Gasteiger partial charge < -0.3 is 4.98 Å². The van der Waals surface area contributed by atoms with Crippen LogP contribution in [0.2, 0.25) is 0 Å². The monoisotopic (exact) mass is 380 g/mol. The topological polar surface area (TPSA) is 91.7 Å². The van der Waals surface area contributed by atoms with E-state index < -0.39 is 0 Å². The van der Waals surface area contributed by atoms with Crippen LogP contribution in [0.5, 0.6) is 0 Å². The molecular weight excluding hydrogens is 360 g/mol. The lowest BCUT2D eigenvalue weighted by atomic mass is 10.1. The van der Waals surface area contributed by atoms with Crippen LogP contribution < -0.4 is 5.56 Å². The summed E-state index contributed by atoms with van der Waals surface area (Å²) < 4.78 is 1.38. The van der Waals surface area contributed by atoms with Gasteiger partial charge in [-0.05, 0) is 25.8 Å². The van der Waals surface area contributed by atoms with E-state index in [-0.39, 0.29) is 5.56 Å². The number of hydrogen-bond donors (Lipinski definition) is 2. The zero-order valence-corrected chi connectivity index (χ0v) is 16.0. The van der Waals surface area contributed by atoms with Gasteiger partial charge in [0.15, 0.2) is 5.16 Å². The van der Waals surface area contributed by atoms with Crippen molar-refractivity contribution in [1.82, 2.24) is 29.5 Å². The van der Waals surface area contributed by atoms with Crippen molar-refractivity contribution < 1.29 is 0 Å². The maximum absolute atomic E-state index is 12.5. The smallest absolute Gasteiger partial charge is 0.277 e. The Morgan fingerprint density at radius 2 is 1.96 bits per heavy atom. The second-order valence-electron chi connectivity index (χ2n) is 6.38. The molecule has 4 rings (SSSR count). The van der Waals surface area contributed by atoms with Gasteiger partial charge >= 0.3 is 0 Å². The Labute approximate surface area is 160 Å². The third-order valence-electron chi connectivity index (χ3n) is 4.50. The predicted molar refractivity (Wildman–Crippen MR) is 105 cm³/mol. The highest BCUT2D eigenvalue weighted by molar-refractivity contribution is 7.99. The summed E-state index contributed by atoms with van der Waals surface area (Å²) in [5.74, 6) is 1.15. The Hall–Kier alpha value is -2.87. The third kappa shape index (κ3) is 3.66. The maximum Gasteiger partial charge on any atom is 0.277 e. The number of H-pyrrole nitrogens is 2. The number of aryl methyl sites for hydroxylation is 2. The largest absolute Gasteiger partial charge is 0.337 e. The van der Waals surface area contributed by atoms with Crippen molar-refractivity contribution in [3.8, 4) is 0 Å². The highest BCUT2D eigenvalue weighted by Crippen LogP contribution is 2.20. The Kier molecular flexibility index (Phi) is 4.81. The lowest BCUT2D eigenvalue weighted by Crippen LogP contribution is -2.22. The van der Waals surface area contributed by atoms with E-state index in [0.29, 0.717) is 17.8 Å². The van der Waals surface area contributed by atoms with Gasteiger partial charge in [-0.2, -0.15) is 4.52 Å². The Morgan fingerprint density at radius 3 is 2.78 bits per heavy atom. The van der Waals surface area contributed by atoms with Gasteiger partial charge in [-0.3, -0.25) is 9.89 Å². The average molecular weight is 380 g/mol. The molecule has 2 N–H and O–H groups in total. The van der Waals surface area contributed by atoms with Crippen molar-refractivity contribution in [2.45, 2.75) is 31.8 Å². The molecule has 7 nitrogen and oxygen atoms in total. The summed E-state index contributed by atoms with van der Waals surface area (Å²) in [4.78, 5) is 29.0. The molecule has 0 aliphatic carbocycles. The third-order valence-corrected chi connectivity index (χ3v) is 5.38. The number of rotatable bonds is 6. The maximum atomic E-state index is 12.5. The van der Waals surface area contributed by atoms with Crippen molar-refractivity contribution in [2.24, 2.45) is 0 Å². The zero-order valence-electron chi connectivity index (χ0n) is 15.2. The summed E-state index contributed by atoms with van der Waals surface area (Å²) in [6, 6.07) is 10.3. The SMILES string of the molecule is Cc1nc2nc[nH]n2c(=O)c1CCSc1nc(Cc2ccccc2)c(C)[nH]1. The molecule has 0 aliphatic rings. The van der Waals surface area contributed by atoms with Crippen molar-refractivity contribution in [2.75, 3.05) is 5.75 Å². The highest BCUT2D eigenvalue weighted by Gasteiger charge is 2.12. The first-order valence-corrected chi connectivity index (χ1v) is 9.74. The molecule has 3 heterocycles. The molecule has 0 fully saturated rings. The standard InChI is InChI=1S/C19H20N6OS/c1-12-15(17(26)25-18(22-12)20-11-21-25)8-9-27-19-23-13(2)16(24-19)10-14-6-4-3-5-7-14/h3-7,11H,8-10H2,1-2H3,(H,23,24)(H,20,21,22). The summed E-state index contributed by atoms with van der Waals surface area (Å²) in [6.45, 7) is 3.90. The van der Waals surface area contributed by atoms with E-state index in [4.69, 9.17) is 4.98 Å². The van der Waals surface area contributed by atoms with E-state index in [2.05, 4.69) is 32.2 Å². The fourth-order valence-electron chi connectivity index (χ4n) is 3.03. The number of nitrogens with zero attached hydrogens (tertiary/aromatic N) is 4.